The van der Waals surface area contributed by atoms with Crippen LogP contribution >= 0.6 is 0 Å². The van der Waals surface area contributed by atoms with E-state index in [-0.39, 0.29) is 11.3 Å². The molecule has 1 amide bonds. The van der Waals surface area contributed by atoms with E-state index in [0.717, 1.165) is 10.2 Å². The topological polar surface area (TPSA) is 99.5 Å². The van der Waals surface area contributed by atoms with Crippen LogP contribution in [0.25, 0.3) is 10.8 Å². The van der Waals surface area contributed by atoms with Gasteiger partial charge in [-0.1, -0.05) is 24.3 Å². The fourth-order valence-electron chi connectivity index (χ4n) is 2.87. The van der Waals surface area contributed by atoms with Gasteiger partial charge in [-0.15, -0.1) is 0 Å². The molecule has 29 heavy (non-hydrogen) atoms. The molecule has 0 unspecified atom stereocenters. The van der Waals surface area contributed by atoms with E-state index in [0.29, 0.717) is 22.2 Å². The summed E-state index contributed by atoms with van der Waals surface area (Å²) in [6.45, 7) is 3.34. The molecule has 1 N–H and O–H groups in total. The average molecular weight is 395 g/mol. The van der Waals surface area contributed by atoms with Crippen LogP contribution in [0.3, 0.4) is 0 Å². The van der Waals surface area contributed by atoms with Crippen LogP contribution in [-0.2, 0) is 16.6 Å². The predicted octanol–water partition coefficient (Wildman–Crippen LogP) is 2.43. The molecule has 0 bridgehead atoms. The molecule has 150 valence electrons. The van der Waals surface area contributed by atoms with E-state index in [1.165, 1.54) is 21.1 Å². The van der Waals surface area contributed by atoms with Crippen LogP contribution in [0.5, 0.6) is 5.75 Å². The van der Waals surface area contributed by atoms with Gasteiger partial charge >= 0.3 is 5.97 Å². The molecule has 0 radical (unpaired) electrons. The number of ether oxygens (including phenoxy) is 2. The van der Waals surface area contributed by atoms with Crippen molar-refractivity contribution in [2.75, 3.05) is 12.4 Å². The Labute approximate surface area is 167 Å². The Morgan fingerprint density at radius 2 is 1.83 bits per heavy atom. The van der Waals surface area contributed by atoms with Gasteiger partial charge in [-0.2, -0.15) is 5.10 Å². The van der Waals surface area contributed by atoms with Gasteiger partial charge in [0.05, 0.1) is 18.2 Å². The maximum Gasteiger partial charge on any atom is 0.360 e. The minimum atomic E-state index is -1.09. The smallest absolute Gasteiger partial charge is 0.360 e. The number of hydrogen-bond acceptors (Lipinski definition) is 6. The number of hydrogen-bond donors (Lipinski definition) is 1. The van der Waals surface area contributed by atoms with E-state index in [4.69, 9.17) is 9.47 Å². The van der Waals surface area contributed by atoms with E-state index < -0.39 is 18.0 Å². The minimum Gasteiger partial charge on any atom is -0.495 e. The summed E-state index contributed by atoms with van der Waals surface area (Å²) in [7, 11) is 2.95. The molecule has 0 aliphatic rings. The van der Waals surface area contributed by atoms with Gasteiger partial charge in [0.1, 0.15) is 5.75 Å². The summed E-state index contributed by atoms with van der Waals surface area (Å²) in [6.07, 6.45) is -1.09. The molecule has 0 aliphatic carbocycles. The number of aryl methyl sites for hydroxylation is 2. The first-order valence-electron chi connectivity index (χ1n) is 8.94. The number of amides is 1. The number of aromatic nitrogens is 2. The highest BCUT2D eigenvalue weighted by atomic mass is 16.5. The fourth-order valence-corrected chi connectivity index (χ4v) is 2.87. The second kappa shape index (κ2) is 8.14. The molecule has 0 spiro atoms. The van der Waals surface area contributed by atoms with Crippen LogP contribution in [0.4, 0.5) is 5.69 Å². The van der Waals surface area contributed by atoms with Crippen molar-refractivity contribution in [3.63, 3.8) is 0 Å². The number of nitrogens with zero attached hydrogens (tertiary/aromatic N) is 2. The first-order valence-corrected chi connectivity index (χ1v) is 8.94. The van der Waals surface area contributed by atoms with Crippen LogP contribution in [0.1, 0.15) is 23.0 Å². The van der Waals surface area contributed by atoms with Gasteiger partial charge in [0, 0.05) is 12.4 Å². The third-order valence-electron chi connectivity index (χ3n) is 4.42. The highest BCUT2D eigenvalue weighted by Crippen LogP contribution is 2.25. The molecule has 1 atom stereocenters. The van der Waals surface area contributed by atoms with Gasteiger partial charge in [0.15, 0.2) is 11.8 Å². The van der Waals surface area contributed by atoms with Gasteiger partial charge in [0.25, 0.3) is 11.5 Å². The quantitative estimate of drug-likeness (QED) is 0.666. The van der Waals surface area contributed by atoms with Gasteiger partial charge in [-0.25, -0.2) is 9.48 Å². The zero-order valence-electron chi connectivity index (χ0n) is 16.6. The molecule has 8 heteroatoms. The van der Waals surface area contributed by atoms with E-state index in [9.17, 15) is 14.4 Å². The second-order valence-electron chi connectivity index (χ2n) is 6.56. The first-order chi connectivity index (χ1) is 13.8. The Bertz CT molecular complexity index is 1150. The van der Waals surface area contributed by atoms with Gasteiger partial charge < -0.3 is 14.8 Å². The largest absolute Gasteiger partial charge is 0.495 e. The summed E-state index contributed by atoms with van der Waals surface area (Å²) in [5.74, 6) is -0.819. The Kier molecular flexibility index (Phi) is 5.63. The molecule has 2 aromatic carbocycles. The molecular weight excluding hydrogens is 374 g/mol. The zero-order valence-corrected chi connectivity index (χ0v) is 16.6. The number of fused-ring (bicyclic) bond motifs is 1. The summed E-state index contributed by atoms with van der Waals surface area (Å²) in [5.41, 5.74) is 1.06. The van der Waals surface area contributed by atoms with E-state index in [2.05, 4.69) is 10.4 Å². The SMILES string of the molecule is COc1ccc(C)cc1NC(=O)[C@@H](C)OC(=O)c1nn(C)c(=O)c2ccccc12. The molecule has 1 heterocycles. The Balaban J connectivity index is 1.82. The number of anilines is 1. The van der Waals surface area contributed by atoms with Gasteiger partial charge in [-0.05, 0) is 37.6 Å². The molecule has 0 saturated heterocycles. The zero-order chi connectivity index (χ0) is 21.1. The van der Waals surface area contributed by atoms with Gasteiger partial charge in [-0.3, -0.25) is 9.59 Å². The minimum absolute atomic E-state index is 0.0320. The van der Waals surface area contributed by atoms with Crippen LogP contribution < -0.4 is 15.6 Å². The van der Waals surface area contributed by atoms with Crippen molar-refractivity contribution < 1.29 is 19.1 Å². The van der Waals surface area contributed by atoms with Crippen LogP contribution in [-0.4, -0.2) is 34.9 Å². The molecule has 8 nitrogen and oxygen atoms in total. The van der Waals surface area contributed by atoms with Crippen molar-refractivity contribution in [2.45, 2.75) is 20.0 Å². The number of methoxy groups -OCH3 is 1. The number of esters is 1. The lowest BCUT2D eigenvalue weighted by molar-refractivity contribution is -0.123. The van der Waals surface area contributed by atoms with Crippen LogP contribution in [0, 0.1) is 6.92 Å². The summed E-state index contributed by atoms with van der Waals surface area (Å²) >= 11 is 0. The van der Waals surface area contributed by atoms with Crippen molar-refractivity contribution in [3.8, 4) is 5.75 Å². The van der Waals surface area contributed by atoms with E-state index in [1.807, 2.05) is 13.0 Å². The summed E-state index contributed by atoms with van der Waals surface area (Å²) in [4.78, 5) is 37.4. The molecular formula is C21H21N3O5. The summed E-state index contributed by atoms with van der Waals surface area (Å²) in [5, 5.41) is 7.43. The molecule has 0 saturated carbocycles. The summed E-state index contributed by atoms with van der Waals surface area (Å²) in [6, 6.07) is 12.0. The molecule has 1 aromatic heterocycles. The van der Waals surface area contributed by atoms with Crippen molar-refractivity contribution in [3.05, 3.63) is 64.1 Å². The van der Waals surface area contributed by atoms with Crippen LogP contribution in [0.2, 0.25) is 0 Å². The predicted molar refractivity (Wildman–Crippen MR) is 108 cm³/mol. The number of carbonyl (C=O) groups is 2. The van der Waals surface area contributed by atoms with Gasteiger partial charge in [0.2, 0.25) is 0 Å². The number of carbonyl (C=O) groups excluding carboxylic acids is 2. The Hall–Kier alpha value is -3.68. The normalized spacial score (nSPS) is 11.7. The highest BCUT2D eigenvalue weighted by Gasteiger charge is 2.23. The number of nitrogens with one attached hydrogen (secondary N) is 1. The molecule has 3 aromatic rings. The van der Waals surface area contributed by atoms with E-state index in [1.54, 1.807) is 36.4 Å². The monoisotopic (exact) mass is 395 g/mol. The van der Waals surface area contributed by atoms with Crippen molar-refractivity contribution in [1.29, 1.82) is 0 Å². The maximum atomic E-state index is 12.7. The molecule has 0 aliphatic heterocycles. The number of rotatable bonds is 5. The second-order valence-corrected chi connectivity index (χ2v) is 6.56. The van der Waals surface area contributed by atoms with Crippen molar-refractivity contribution >= 4 is 28.3 Å². The lowest BCUT2D eigenvalue weighted by Crippen LogP contribution is -2.31. The Morgan fingerprint density at radius 3 is 2.52 bits per heavy atom. The average Bonchev–Trinajstić information content (AvgIpc) is 2.70. The van der Waals surface area contributed by atoms with Crippen LogP contribution in [0.15, 0.2) is 47.3 Å². The first kappa shape index (κ1) is 20.1. The molecule has 3 rings (SSSR count). The highest BCUT2D eigenvalue weighted by molar-refractivity contribution is 6.04. The molecule has 0 fully saturated rings. The standard InChI is InChI=1S/C21H21N3O5/c1-12-9-10-17(28-4)16(11-12)22-19(25)13(2)29-21(27)18-14-7-5-6-8-15(14)20(26)24(3)23-18/h5-11,13H,1-4H3,(H,22,25)/t13-/m1/s1. The fraction of sp³-hybridized carbons (Fsp3) is 0.238. The lowest BCUT2D eigenvalue weighted by Gasteiger charge is -2.16. The lowest BCUT2D eigenvalue weighted by atomic mass is 10.1. The Morgan fingerprint density at radius 1 is 1.14 bits per heavy atom. The third-order valence-corrected chi connectivity index (χ3v) is 4.42. The third kappa shape index (κ3) is 4.11. The van der Waals surface area contributed by atoms with E-state index >= 15 is 0 Å². The van der Waals surface area contributed by atoms with Crippen molar-refractivity contribution in [2.24, 2.45) is 7.05 Å². The summed E-state index contributed by atoms with van der Waals surface area (Å²) < 4.78 is 11.6. The maximum absolute atomic E-state index is 12.7. The van der Waals surface area contributed by atoms with Crippen molar-refractivity contribution in [1.82, 2.24) is 9.78 Å². The number of benzene rings is 2.